The second kappa shape index (κ2) is 6.78. The highest BCUT2D eigenvalue weighted by Gasteiger charge is 1.98. The first kappa shape index (κ1) is 13.4. The Balaban J connectivity index is 1.73. The minimum atomic E-state index is 0.103. The molecule has 0 aliphatic carbocycles. The molecule has 19 heavy (non-hydrogen) atoms. The summed E-state index contributed by atoms with van der Waals surface area (Å²) in [5.74, 6) is 0.898. The largest absolute Gasteiger partial charge is 0.494 e. The molecule has 0 amide bonds. The maximum Gasteiger partial charge on any atom is 0.253 e. The van der Waals surface area contributed by atoms with Gasteiger partial charge in [-0.05, 0) is 38.0 Å². The van der Waals surface area contributed by atoms with Crippen molar-refractivity contribution in [1.29, 1.82) is 0 Å². The smallest absolute Gasteiger partial charge is 0.253 e. The third-order valence-electron chi connectivity index (χ3n) is 3.02. The molecule has 0 saturated carbocycles. The lowest BCUT2D eigenvalue weighted by molar-refractivity contribution is 0.303. The molecule has 3 heteroatoms. The molecule has 0 bridgehead atoms. The predicted molar refractivity (Wildman–Crippen MR) is 76.6 cm³/mol. The van der Waals surface area contributed by atoms with Crippen LogP contribution in [0.15, 0.2) is 53.5 Å². The van der Waals surface area contributed by atoms with Gasteiger partial charge in [0, 0.05) is 18.3 Å². The normalized spacial score (nSPS) is 10.4. The van der Waals surface area contributed by atoms with Crippen molar-refractivity contribution in [2.24, 2.45) is 0 Å². The van der Waals surface area contributed by atoms with E-state index in [1.807, 2.05) is 55.6 Å². The molecule has 2 rings (SSSR count). The van der Waals surface area contributed by atoms with Gasteiger partial charge in [-0.1, -0.05) is 24.3 Å². The third-order valence-corrected chi connectivity index (χ3v) is 3.02. The zero-order valence-electron chi connectivity index (χ0n) is 11.2. The lowest BCUT2D eigenvalue weighted by atomic mass is 10.3. The van der Waals surface area contributed by atoms with Gasteiger partial charge in [-0.25, -0.2) is 0 Å². The summed E-state index contributed by atoms with van der Waals surface area (Å²) in [6, 6.07) is 13.5. The van der Waals surface area contributed by atoms with Crippen molar-refractivity contribution < 1.29 is 4.74 Å². The number of unbranched alkanes of at least 4 members (excludes halogenated alkanes) is 1. The van der Waals surface area contributed by atoms with Crippen molar-refractivity contribution in [3.05, 3.63) is 64.6 Å². The Hall–Kier alpha value is -2.03. The standard InChI is InChI=1S/C16H19NO2/c1-14-8-7-12-17(16(14)18)11-5-6-13-19-15-9-3-2-4-10-15/h2-4,7-10,12H,5-6,11,13H2,1H3. The second-order valence-electron chi connectivity index (χ2n) is 4.56. The highest BCUT2D eigenvalue weighted by atomic mass is 16.5. The summed E-state index contributed by atoms with van der Waals surface area (Å²) in [6.07, 6.45) is 3.72. The first-order chi connectivity index (χ1) is 9.27. The van der Waals surface area contributed by atoms with Crippen LogP contribution in [-0.4, -0.2) is 11.2 Å². The van der Waals surface area contributed by atoms with E-state index < -0.39 is 0 Å². The van der Waals surface area contributed by atoms with Crippen LogP contribution in [-0.2, 0) is 6.54 Å². The lowest BCUT2D eigenvalue weighted by Crippen LogP contribution is -2.21. The van der Waals surface area contributed by atoms with E-state index >= 15 is 0 Å². The average molecular weight is 257 g/mol. The summed E-state index contributed by atoms with van der Waals surface area (Å²) >= 11 is 0. The van der Waals surface area contributed by atoms with Crippen molar-refractivity contribution in [3.63, 3.8) is 0 Å². The van der Waals surface area contributed by atoms with Crippen LogP contribution in [0.5, 0.6) is 5.75 Å². The quantitative estimate of drug-likeness (QED) is 0.745. The average Bonchev–Trinajstić information content (AvgIpc) is 2.44. The summed E-state index contributed by atoms with van der Waals surface area (Å²) in [5, 5.41) is 0. The van der Waals surface area contributed by atoms with Crippen molar-refractivity contribution in [2.45, 2.75) is 26.3 Å². The fraction of sp³-hybridized carbons (Fsp3) is 0.312. The summed E-state index contributed by atoms with van der Waals surface area (Å²) in [4.78, 5) is 11.8. The van der Waals surface area contributed by atoms with Gasteiger partial charge >= 0.3 is 0 Å². The van der Waals surface area contributed by atoms with E-state index in [0.29, 0.717) is 6.61 Å². The van der Waals surface area contributed by atoms with Gasteiger partial charge in [0.15, 0.2) is 0 Å². The summed E-state index contributed by atoms with van der Waals surface area (Å²) in [5.41, 5.74) is 0.898. The SMILES string of the molecule is Cc1cccn(CCCCOc2ccccc2)c1=O. The Morgan fingerprint density at radius 3 is 2.63 bits per heavy atom. The number of nitrogens with zero attached hydrogens (tertiary/aromatic N) is 1. The molecule has 0 atom stereocenters. The number of hydrogen-bond donors (Lipinski definition) is 0. The van der Waals surface area contributed by atoms with E-state index in [4.69, 9.17) is 4.74 Å². The molecule has 1 aromatic carbocycles. The van der Waals surface area contributed by atoms with Gasteiger partial charge in [0.05, 0.1) is 6.61 Å². The third kappa shape index (κ3) is 3.98. The molecule has 0 aliphatic rings. The van der Waals surface area contributed by atoms with Crippen LogP contribution in [0.25, 0.3) is 0 Å². The molecule has 2 aromatic rings. The van der Waals surface area contributed by atoms with Crippen molar-refractivity contribution >= 4 is 0 Å². The maximum atomic E-state index is 11.8. The van der Waals surface area contributed by atoms with E-state index in [2.05, 4.69) is 0 Å². The van der Waals surface area contributed by atoms with Crippen LogP contribution < -0.4 is 10.3 Å². The Morgan fingerprint density at radius 1 is 1.05 bits per heavy atom. The van der Waals surface area contributed by atoms with Gasteiger partial charge in [0.25, 0.3) is 5.56 Å². The van der Waals surface area contributed by atoms with Gasteiger partial charge in [0.1, 0.15) is 5.75 Å². The van der Waals surface area contributed by atoms with Gasteiger partial charge in [0.2, 0.25) is 0 Å². The highest BCUT2D eigenvalue weighted by Crippen LogP contribution is 2.08. The minimum absolute atomic E-state index is 0.103. The molecule has 3 nitrogen and oxygen atoms in total. The second-order valence-corrected chi connectivity index (χ2v) is 4.56. The number of ether oxygens (including phenoxy) is 1. The number of pyridine rings is 1. The summed E-state index contributed by atoms with van der Waals surface area (Å²) in [7, 11) is 0. The van der Waals surface area contributed by atoms with Crippen LogP contribution in [0.3, 0.4) is 0 Å². The molecule has 1 aromatic heterocycles. The monoisotopic (exact) mass is 257 g/mol. The van der Waals surface area contributed by atoms with E-state index in [0.717, 1.165) is 30.7 Å². The van der Waals surface area contributed by atoms with Crippen molar-refractivity contribution in [1.82, 2.24) is 4.57 Å². The van der Waals surface area contributed by atoms with Crippen molar-refractivity contribution in [3.8, 4) is 5.75 Å². The molecular formula is C16H19NO2. The highest BCUT2D eigenvalue weighted by molar-refractivity contribution is 5.20. The Kier molecular flexibility index (Phi) is 4.78. The molecule has 0 N–H and O–H groups in total. The van der Waals surface area contributed by atoms with Crippen LogP contribution >= 0.6 is 0 Å². The molecular weight excluding hydrogens is 238 g/mol. The summed E-state index contributed by atoms with van der Waals surface area (Å²) in [6.45, 7) is 3.28. The van der Waals surface area contributed by atoms with Gasteiger partial charge in [-0.15, -0.1) is 0 Å². The molecule has 0 unspecified atom stereocenters. The molecule has 0 aliphatic heterocycles. The molecule has 0 radical (unpaired) electrons. The topological polar surface area (TPSA) is 31.2 Å². The molecule has 0 fully saturated rings. The number of benzene rings is 1. The van der Waals surface area contributed by atoms with Crippen molar-refractivity contribution in [2.75, 3.05) is 6.61 Å². The summed E-state index contributed by atoms with van der Waals surface area (Å²) < 4.78 is 7.37. The van der Waals surface area contributed by atoms with Gasteiger partial charge in [-0.3, -0.25) is 4.79 Å². The number of rotatable bonds is 6. The van der Waals surface area contributed by atoms with Gasteiger partial charge in [-0.2, -0.15) is 0 Å². The van der Waals surface area contributed by atoms with E-state index in [-0.39, 0.29) is 5.56 Å². The van der Waals surface area contributed by atoms with E-state index in [1.165, 1.54) is 0 Å². The number of hydrogen-bond acceptors (Lipinski definition) is 2. The molecule has 1 heterocycles. The van der Waals surface area contributed by atoms with E-state index in [9.17, 15) is 4.79 Å². The molecule has 0 saturated heterocycles. The Morgan fingerprint density at radius 2 is 1.84 bits per heavy atom. The number of aryl methyl sites for hydroxylation is 2. The van der Waals surface area contributed by atoms with Gasteiger partial charge < -0.3 is 9.30 Å². The first-order valence-electron chi connectivity index (χ1n) is 6.61. The van der Waals surface area contributed by atoms with Crippen LogP contribution in [0.2, 0.25) is 0 Å². The van der Waals surface area contributed by atoms with E-state index in [1.54, 1.807) is 4.57 Å². The predicted octanol–water partition coefficient (Wildman–Crippen LogP) is 3.02. The zero-order valence-corrected chi connectivity index (χ0v) is 11.2. The zero-order chi connectivity index (χ0) is 13.5. The molecule has 0 spiro atoms. The van der Waals surface area contributed by atoms with Crippen LogP contribution in [0, 0.1) is 6.92 Å². The number of para-hydroxylation sites is 1. The van der Waals surface area contributed by atoms with Crippen LogP contribution in [0.4, 0.5) is 0 Å². The minimum Gasteiger partial charge on any atom is -0.494 e. The maximum absolute atomic E-state index is 11.8. The lowest BCUT2D eigenvalue weighted by Gasteiger charge is -2.07. The fourth-order valence-corrected chi connectivity index (χ4v) is 1.92. The molecule has 100 valence electrons. The van der Waals surface area contributed by atoms with Crippen LogP contribution in [0.1, 0.15) is 18.4 Å². The number of aromatic nitrogens is 1. The first-order valence-corrected chi connectivity index (χ1v) is 6.61. The fourth-order valence-electron chi connectivity index (χ4n) is 1.92. The Labute approximate surface area is 113 Å². The Bertz CT molecular complexity index is 560.